The molecule has 110 valence electrons. The van der Waals surface area contributed by atoms with Crippen molar-refractivity contribution in [1.82, 2.24) is 9.97 Å². The largest absolute Gasteiger partial charge is 0.375 e. The van der Waals surface area contributed by atoms with E-state index in [2.05, 4.69) is 14.9 Å². The first-order valence-electron chi connectivity index (χ1n) is 6.72. The Morgan fingerprint density at radius 3 is 2.80 bits per heavy atom. The molecule has 20 heavy (non-hydrogen) atoms. The molecule has 0 bridgehead atoms. The summed E-state index contributed by atoms with van der Waals surface area (Å²) >= 11 is 6.01. The maximum absolute atomic E-state index is 13.0. The average Bonchev–Trinajstić information content (AvgIpc) is 2.35. The molecule has 1 aliphatic carbocycles. The van der Waals surface area contributed by atoms with Gasteiger partial charge in [-0.25, -0.2) is 18.7 Å². The van der Waals surface area contributed by atoms with Gasteiger partial charge in [-0.2, -0.15) is 0 Å². The van der Waals surface area contributed by atoms with Crippen molar-refractivity contribution in [1.29, 1.82) is 0 Å². The van der Waals surface area contributed by atoms with Crippen LogP contribution in [-0.4, -0.2) is 41.7 Å². The van der Waals surface area contributed by atoms with Gasteiger partial charge in [-0.05, 0) is 6.92 Å². The molecule has 7 heteroatoms. The number of anilines is 1. The molecule has 0 aromatic carbocycles. The third-order valence-electron chi connectivity index (χ3n) is 3.72. The van der Waals surface area contributed by atoms with Gasteiger partial charge < -0.3 is 9.64 Å². The van der Waals surface area contributed by atoms with E-state index in [0.717, 1.165) is 6.54 Å². The summed E-state index contributed by atoms with van der Waals surface area (Å²) in [7, 11) is 0. The summed E-state index contributed by atoms with van der Waals surface area (Å²) < 4.78 is 31.4. The summed E-state index contributed by atoms with van der Waals surface area (Å²) in [6.45, 7) is 4.05. The van der Waals surface area contributed by atoms with Gasteiger partial charge >= 0.3 is 0 Å². The van der Waals surface area contributed by atoms with Gasteiger partial charge in [-0.15, -0.1) is 0 Å². The molecule has 2 aliphatic rings. The lowest BCUT2D eigenvalue weighted by Crippen LogP contribution is -2.42. The van der Waals surface area contributed by atoms with Crippen LogP contribution in [0.5, 0.6) is 0 Å². The fraction of sp³-hybridized carbons (Fsp3) is 0.692. The summed E-state index contributed by atoms with van der Waals surface area (Å²) in [5.41, 5.74) is 0. The summed E-state index contributed by atoms with van der Waals surface area (Å²) in [4.78, 5) is 10.6. The molecule has 1 saturated carbocycles. The standard InChI is InChI=1S/C13H16ClF2N3O/c1-8-7-19(2-3-20-8)11-4-10(14)17-12(18-11)9-5-13(15,16)6-9/h4,8-9H,2-3,5-7H2,1H3/t8-/m0/s1. The third kappa shape index (κ3) is 2.86. The second-order valence-corrected chi connectivity index (χ2v) is 5.88. The Labute approximate surface area is 121 Å². The summed E-state index contributed by atoms with van der Waals surface area (Å²) in [5, 5.41) is 0.305. The molecule has 0 unspecified atom stereocenters. The van der Waals surface area contributed by atoms with Gasteiger partial charge in [0, 0.05) is 37.9 Å². The molecule has 1 atom stereocenters. The second kappa shape index (κ2) is 5.07. The lowest BCUT2D eigenvalue weighted by molar-refractivity contribution is -0.0885. The van der Waals surface area contributed by atoms with Gasteiger partial charge in [-0.3, -0.25) is 0 Å². The molecule has 4 nitrogen and oxygen atoms in total. The van der Waals surface area contributed by atoms with Gasteiger partial charge in [0.05, 0.1) is 12.7 Å². The Morgan fingerprint density at radius 1 is 1.40 bits per heavy atom. The van der Waals surface area contributed by atoms with Gasteiger partial charge in [0.25, 0.3) is 0 Å². The molecular formula is C13H16ClF2N3O. The number of rotatable bonds is 2. The number of hydrogen-bond acceptors (Lipinski definition) is 4. The van der Waals surface area contributed by atoms with Crippen molar-refractivity contribution in [3.8, 4) is 0 Å². The molecule has 1 aliphatic heterocycles. The zero-order valence-corrected chi connectivity index (χ0v) is 11.9. The Morgan fingerprint density at radius 2 is 2.15 bits per heavy atom. The zero-order valence-electron chi connectivity index (χ0n) is 11.2. The van der Waals surface area contributed by atoms with Gasteiger partial charge in [0.1, 0.15) is 16.8 Å². The van der Waals surface area contributed by atoms with E-state index in [4.69, 9.17) is 16.3 Å². The Hall–Kier alpha value is -1.01. The first-order valence-corrected chi connectivity index (χ1v) is 7.10. The van der Waals surface area contributed by atoms with Crippen molar-refractivity contribution in [2.24, 2.45) is 0 Å². The normalized spacial score (nSPS) is 26.4. The minimum atomic E-state index is -2.58. The van der Waals surface area contributed by atoms with Crippen LogP contribution < -0.4 is 4.90 Å². The van der Waals surface area contributed by atoms with Crippen LogP contribution in [0.25, 0.3) is 0 Å². The van der Waals surface area contributed by atoms with E-state index in [1.165, 1.54) is 0 Å². The fourth-order valence-electron chi connectivity index (χ4n) is 2.64. The average molecular weight is 304 g/mol. The summed E-state index contributed by atoms with van der Waals surface area (Å²) in [6.07, 6.45) is -0.257. The molecule has 0 N–H and O–H groups in total. The highest BCUT2D eigenvalue weighted by Crippen LogP contribution is 2.47. The molecule has 0 amide bonds. The fourth-order valence-corrected chi connectivity index (χ4v) is 2.82. The molecular weight excluding hydrogens is 288 g/mol. The second-order valence-electron chi connectivity index (χ2n) is 5.50. The molecule has 3 rings (SSSR count). The third-order valence-corrected chi connectivity index (χ3v) is 3.91. The molecule has 0 spiro atoms. The van der Waals surface area contributed by atoms with E-state index in [1.54, 1.807) is 6.07 Å². The lowest BCUT2D eigenvalue weighted by atomic mass is 9.81. The molecule has 2 heterocycles. The molecule has 1 aromatic heterocycles. The maximum atomic E-state index is 13.0. The van der Waals surface area contributed by atoms with Crippen molar-refractivity contribution >= 4 is 17.4 Å². The van der Waals surface area contributed by atoms with Crippen molar-refractivity contribution < 1.29 is 13.5 Å². The Kier molecular flexibility index (Phi) is 3.54. The number of aromatic nitrogens is 2. The molecule has 2 fully saturated rings. The monoisotopic (exact) mass is 303 g/mol. The quantitative estimate of drug-likeness (QED) is 0.788. The van der Waals surface area contributed by atoms with Crippen molar-refractivity contribution in [3.63, 3.8) is 0 Å². The number of hydrogen-bond donors (Lipinski definition) is 0. The number of morpholine rings is 1. The van der Waals surface area contributed by atoms with Crippen LogP contribution in [0.4, 0.5) is 14.6 Å². The van der Waals surface area contributed by atoms with Crippen molar-refractivity contribution in [2.75, 3.05) is 24.6 Å². The highest BCUT2D eigenvalue weighted by Gasteiger charge is 2.47. The van der Waals surface area contributed by atoms with Gasteiger partial charge in [-0.1, -0.05) is 11.6 Å². The molecule has 0 radical (unpaired) electrons. The van der Waals surface area contributed by atoms with Crippen LogP contribution >= 0.6 is 11.6 Å². The first kappa shape index (κ1) is 13.9. The minimum absolute atomic E-state index is 0.119. The summed E-state index contributed by atoms with van der Waals surface area (Å²) in [5.74, 6) is -1.74. The molecule has 1 aromatic rings. The first-order chi connectivity index (χ1) is 9.43. The minimum Gasteiger partial charge on any atom is -0.375 e. The van der Waals surface area contributed by atoms with Crippen LogP contribution in [0.1, 0.15) is 31.5 Å². The SMILES string of the molecule is C[C@H]1CN(c2cc(Cl)nc(C3CC(F)(F)C3)n2)CCO1. The van der Waals surface area contributed by atoms with E-state index in [9.17, 15) is 8.78 Å². The van der Waals surface area contributed by atoms with Crippen LogP contribution in [0.2, 0.25) is 5.15 Å². The number of alkyl halides is 2. The molecule has 1 saturated heterocycles. The Balaban J connectivity index is 1.80. The van der Waals surface area contributed by atoms with E-state index >= 15 is 0 Å². The van der Waals surface area contributed by atoms with Crippen molar-refractivity contribution in [3.05, 3.63) is 17.0 Å². The number of halogens is 3. The lowest BCUT2D eigenvalue weighted by Gasteiger charge is -2.35. The predicted molar refractivity (Wildman–Crippen MR) is 71.6 cm³/mol. The van der Waals surface area contributed by atoms with Crippen LogP contribution in [0, 0.1) is 0 Å². The van der Waals surface area contributed by atoms with E-state index in [1.807, 2.05) is 6.92 Å². The van der Waals surface area contributed by atoms with Gasteiger partial charge in [0.2, 0.25) is 5.92 Å². The topological polar surface area (TPSA) is 38.2 Å². The van der Waals surface area contributed by atoms with Crippen LogP contribution in [-0.2, 0) is 4.74 Å². The zero-order chi connectivity index (χ0) is 14.3. The smallest absolute Gasteiger partial charge is 0.249 e. The van der Waals surface area contributed by atoms with Gasteiger partial charge in [0.15, 0.2) is 0 Å². The van der Waals surface area contributed by atoms with Crippen LogP contribution in [0.15, 0.2) is 6.07 Å². The van der Waals surface area contributed by atoms with Crippen LogP contribution in [0.3, 0.4) is 0 Å². The van der Waals surface area contributed by atoms with E-state index < -0.39 is 5.92 Å². The maximum Gasteiger partial charge on any atom is 0.249 e. The van der Waals surface area contributed by atoms with E-state index in [0.29, 0.717) is 29.9 Å². The summed E-state index contributed by atoms with van der Waals surface area (Å²) in [6, 6.07) is 1.68. The number of ether oxygens (including phenoxy) is 1. The van der Waals surface area contributed by atoms with E-state index in [-0.39, 0.29) is 24.9 Å². The Bertz CT molecular complexity index is 506. The van der Waals surface area contributed by atoms with Crippen molar-refractivity contribution in [2.45, 2.75) is 37.7 Å². The number of nitrogens with zero attached hydrogens (tertiary/aromatic N) is 3. The predicted octanol–water partition coefficient (Wildman–Crippen LogP) is 2.87. The highest BCUT2D eigenvalue weighted by molar-refractivity contribution is 6.29. The highest BCUT2D eigenvalue weighted by atomic mass is 35.5.